The van der Waals surface area contributed by atoms with E-state index in [4.69, 9.17) is 0 Å². The van der Waals surface area contributed by atoms with Gasteiger partial charge in [0.1, 0.15) is 5.78 Å². The molecule has 1 N–H and O–H groups in total. The first kappa shape index (κ1) is 14.4. The van der Waals surface area contributed by atoms with E-state index < -0.39 is 0 Å². The van der Waals surface area contributed by atoms with E-state index in [1.165, 1.54) is 18.1 Å². The third kappa shape index (κ3) is 3.99. The zero-order valence-electron chi connectivity index (χ0n) is 11.5. The van der Waals surface area contributed by atoms with Gasteiger partial charge in [0.2, 0.25) is 5.91 Å². The Morgan fingerprint density at radius 2 is 1.83 bits per heavy atom. The van der Waals surface area contributed by atoms with Crippen LogP contribution in [0.25, 0.3) is 0 Å². The molecule has 3 heteroatoms. The molecule has 0 saturated carbocycles. The number of rotatable bonds is 5. The van der Waals surface area contributed by atoms with E-state index >= 15 is 0 Å². The molecule has 0 aliphatic carbocycles. The van der Waals surface area contributed by atoms with Gasteiger partial charge in [0.05, 0.1) is 6.42 Å². The van der Waals surface area contributed by atoms with Gasteiger partial charge in [-0.3, -0.25) is 9.59 Å². The topological polar surface area (TPSA) is 46.2 Å². The maximum absolute atomic E-state index is 11.5. The lowest BCUT2D eigenvalue weighted by molar-refractivity contribution is -0.127. The van der Waals surface area contributed by atoms with Gasteiger partial charge >= 0.3 is 0 Å². The molecule has 0 aliphatic heterocycles. The van der Waals surface area contributed by atoms with Gasteiger partial charge in [-0.15, -0.1) is 0 Å². The van der Waals surface area contributed by atoms with Crippen molar-refractivity contribution in [2.75, 3.05) is 6.54 Å². The fourth-order valence-electron chi connectivity index (χ4n) is 2.04. The maximum Gasteiger partial charge on any atom is 0.227 e. The van der Waals surface area contributed by atoms with Crippen LogP contribution in [0, 0.1) is 6.92 Å². The number of Topliss-reactive ketones (excluding diaryl/α,β-unsaturated/α-hetero) is 1. The van der Waals surface area contributed by atoms with Crippen molar-refractivity contribution in [3.05, 3.63) is 35.4 Å². The van der Waals surface area contributed by atoms with E-state index in [9.17, 15) is 9.59 Å². The molecule has 0 unspecified atom stereocenters. The summed E-state index contributed by atoms with van der Waals surface area (Å²) in [6.07, 6.45) is -0.0378. The van der Waals surface area contributed by atoms with Crippen molar-refractivity contribution in [1.82, 2.24) is 5.32 Å². The van der Waals surface area contributed by atoms with Gasteiger partial charge in [0.15, 0.2) is 0 Å². The first-order valence-corrected chi connectivity index (χ1v) is 6.15. The number of aryl methyl sites for hydroxylation is 1. The SMILES string of the molecule is CC(=O)CC(=O)NCC(C)(C)c1ccccc1C. The third-order valence-corrected chi connectivity index (χ3v) is 3.01. The van der Waals surface area contributed by atoms with Gasteiger partial charge < -0.3 is 5.32 Å². The van der Waals surface area contributed by atoms with E-state index in [0.29, 0.717) is 6.54 Å². The van der Waals surface area contributed by atoms with E-state index in [2.05, 4.69) is 38.2 Å². The second-order valence-corrected chi connectivity index (χ2v) is 5.35. The number of amides is 1. The Morgan fingerprint density at radius 3 is 2.39 bits per heavy atom. The monoisotopic (exact) mass is 247 g/mol. The summed E-state index contributed by atoms with van der Waals surface area (Å²) >= 11 is 0. The molecule has 0 aromatic heterocycles. The minimum atomic E-state index is -0.204. The van der Waals surface area contributed by atoms with Gasteiger partial charge in [-0.05, 0) is 25.0 Å². The Hall–Kier alpha value is -1.64. The molecule has 1 aromatic rings. The fourth-order valence-corrected chi connectivity index (χ4v) is 2.04. The molecule has 1 rings (SSSR count). The van der Waals surface area contributed by atoms with Gasteiger partial charge in [0, 0.05) is 12.0 Å². The Morgan fingerprint density at radius 1 is 1.22 bits per heavy atom. The van der Waals surface area contributed by atoms with Crippen LogP contribution in [0.15, 0.2) is 24.3 Å². The van der Waals surface area contributed by atoms with Gasteiger partial charge in [0.25, 0.3) is 0 Å². The van der Waals surface area contributed by atoms with Crippen LogP contribution >= 0.6 is 0 Å². The molecule has 0 atom stereocenters. The smallest absolute Gasteiger partial charge is 0.227 e. The molecule has 0 aliphatic rings. The van der Waals surface area contributed by atoms with Crippen molar-refractivity contribution in [3.63, 3.8) is 0 Å². The number of hydrogen-bond donors (Lipinski definition) is 1. The maximum atomic E-state index is 11.5. The van der Waals surface area contributed by atoms with Crippen LogP contribution in [-0.2, 0) is 15.0 Å². The lowest BCUT2D eigenvalue weighted by atomic mass is 9.82. The third-order valence-electron chi connectivity index (χ3n) is 3.01. The van der Waals surface area contributed by atoms with Crippen LogP contribution in [-0.4, -0.2) is 18.2 Å². The van der Waals surface area contributed by atoms with Crippen LogP contribution in [0.5, 0.6) is 0 Å². The highest BCUT2D eigenvalue weighted by Gasteiger charge is 2.22. The second kappa shape index (κ2) is 5.80. The molecule has 98 valence electrons. The number of nitrogens with one attached hydrogen (secondary N) is 1. The molecular weight excluding hydrogens is 226 g/mol. The first-order chi connectivity index (χ1) is 8.33. The normalized spacial score (nSPS) is 11.1. The summed E-state index contributed by atoms with van der Waals surface area (Å²) in [7, 11) is 0. The first-order valence-electron chi connectivity index (χ1n) is 6.15. The molecule has 0 bridgehead atoms. The number of ketones is 1. The summed E-state index contributed by atoms with van der Waals surface area (Å²) in [5.74, 6) is -0.314. The quantitative estimate of drug-likeness (QED) is 0.812. The number of benzene rings is 1. The second-order valence-electron chi connectivity index (χ2n) is 5.35. The largest absolute Gasteiger partial charge is 0.355 e. The number of carbonyl (C=O) groups excluding carboxylic acids is 2. The molecule has 3 nitrogen and oxygen atoms in total. The van der Waals surface area contributed by atoms with Gasteiger partial charge in [-0.25, -0.2) is 0 Å². The molecular formula is C15H21NO2. The van der Waals surface area contributed by atoms with Crippen molar-refractivity contribution in [2.45, 2.75) is 39.5 Å². The predicted molar refractivity (Wildman–Crippen MR) is 72.5 cm³/mol. The highest BCUT2D eigenvalue weighted by Crippen LogP contribution is 2.25. The van der Waals surface area contributed by atoms with Crippen LogP contribution in [0.1, 0.15) is 38.3 Å². The summed E-state index contributed by atoms with van der Waals surface area (Å²) in [6.45, 7) is 8.19. The van der Waals surface area contributed by atoms with Crippen molar-refractivity contribution in [2.24, 2.45) is 0 Å². The minimum absolute atomic E-state index is 0.0378. The molecule has 1 aromatic carbocycles. The standard InChI is InChI=1S/C15H21NO2/c1-11-7-5-6-8-13(11)15(3,4)10-16-14(18)9-12(2)17/h5-8H,9-10H2,1-4H3,(H,16,18). The van der Waals surface area contributed by atoms with Crippen LogP contribution < -0.4 is 5.32 Å². The summed E-state index contributed by atoms with van der Waals surface area (Å²) < 4.78 is 0. The van der Waals surface area contributed by atoms with Gasteiger partial charge in [-0.1, -0.05) is 38.1 Å². The van der Waals surface area contributed by atoms with Gasteiger partial charge in [-0.2, -0.15) is 0 Å². The molecule has 0 saturated heterocycles. The van der Waals surface area contributed by atoms with E-state index in [0.717, 1.165) is 0 Å². The average Bonchev–Trinajstić information content (AvgIpc) is 2.26. The predicted octanol–water partition coefficient (Wildman–Crippen LogP) is 2.37. The minimum Gasteiger partial charge on any atom is -0.355 e. The van der Waals surface area contributed by atoms with Crippen molar-refractivity contribution < 1.29 is 9.59 Å². The lowest BCUT2D eigenvalue weighted by Gasteiger charge is -2.27. The molecule has 0 fully saturated rings. The van der Waals surface area contributed by atoms with Crippen molar-refractivity contribution in [3.8, 4) is 0 Å². The molecule has 0 spiro atoms. The number of carbonyl (C=O) groups is 2. The summed E-state index contributed by atoms with van der Waals surface area (Å²) in [5, 5.41) is 2.82. The van der Waals surface area contributed by atoms with Crippen molar-refractivity contribution >= 4 is 11.7 Å². The van der Waals surface area contributed by atoms with Crippen LogP contribution in [0.4, 0.5) is 0 Å². The van der Waals surface area contributed by atoms with Crippen LogP contribution in [0.3, 0.4) is 0 Å². The van der Waals surface area contributed by atoms with E-state index in [-0.39, 0.29) is 23.5 Å². The Kier molecular flexibility index (Phi) is 4.65. The summed E-state index contributed by atoms with van der Waals surface area (Å²) in [5.41, 5.74) is 2.29. The number of hydrogen-bond acceptors (Lipinski definition) is 2. The highest BCUT2D eigenvalue weighted by molar-refractivity contribution is 5.96. The molecule has 0 radical (unpaired) electrons. The Labute approximate surface area is 109 Å². The molecule has 0 heterocycles. The molecule has 18 heavy (non-hydrogen) atoms. The Bertz CT molecular complexity index is 450. The zero-order valence-corrected chi connectivity index (χ0v) is 11.5. The van der Waals surface area contributed by atoms with Crippen LogP contribution in [0.2, 0.25) is 0 Å². The fraction of sp³-hybridized carbons (Fsp3) is 0.467. The van der Waals surface area contributed by atoms with E-state index in [1.54, 1.807) is 0 Å². The Balaban J connectivity index is 2.68. The summed E-state index contributed by atoms with van der Waals surface area (Å²) in [4.78, 5) is 22.3. The zero-order chi connectivity index (χ0) is 13.8. The lowest BCUT2D eigenvalue weighted by Crippen LogP contribution is -2.37. The average molecular weight is 247 g/mol. The van der Waals surface area contributed by atoms with E-state index in [1.807, 2.05) is 12.1 Å². The van der Waals surface area contributed by atoms with Crippen molar-refractivity contribution in [1.29, 1.82) is 0 Å². The summed E-state index contributed by atoms with van der Waals surface area (Å²) in [6, 6.07) is 8.14. The highest BCUT2D eigenvalue weighted by atomic mass is 16.2. The molecule has 1 amide bonds.